The number of nitrogens with zero attached hydrogens (tertiary/aromatic N) is 1. The quantitative estimate of drug-likeness (QED) is 0.415. The predicted molar refractivity (Wildman–Crippen MR) is 64.5 cm³/mol. The number of rotatable bonds is 5. The van der Waals surface area contributed by atoms with E-state index in [2.05, 4.69) is 12.6 Å². The molecule has 1 aromatic rings. The van der Waals surface area contributed by atoms with Crippen LogP contribution in [-0.2, 0) is 0 Å². The number of nitro benzene ring substituents is 1. The summed E-state index contributed by atoms with van der Waals surface area (Å²) >= 11 is 3.86. The first-order valence-corrected chi connectivity index (χ1v) is 5.43. The van der Waals surface area contributed by atoms with Crippen molar-refractivity contribution in [1.29, 1.82) is 0 Å². The molecular formula is C10H13NO5S. The molecule has 0 saturated carbocycles. The summed E-state index contributed by atoms with van der Waals surface area (Å²) in [5, 5.41) is 29.8. The molecule has 0 aliphatic heterocycles. The number of aliphatic hydroxyl groups is 2. The molecule has 17 heavy (non-hydrogen) atoms. The van der Waals surface area contributed by atoms with Crippen molar-refractivity contribution in [1.82, 2.24) is 0 Å². The van der Waals surface area contributed by atoms with Gasteiger partial charge >= 0.3 is 0 Å². The van der Waals surface area contributed by atoms with E-state index >= 15 is 0 Å². The normalized spacial score (nSPS) is 14.1. The van der Waals surface area contributed by atoms with Gasteiger partial charge in [0.2, 0.25) is 0 Å². The van der Waals surface area contributed by atoms with Crippen molar-refractivity contribution in [3.05, 3.63) is 33.9 Å². The highest BCUT2D eigenvalue weighted by Crippen LogP contribution is 2.31. The lowest BCUT2D eigenvalue weighted by Crippen LogP contribution is -2.20. The molecular weight excluding hydrogens is 246 g/mol. The zero-order valence-electron chi connectivity index (χ0n) is 9.11. The van der Waals surface area contributed by atoms with E-state index in [0.29, 0.717) is 5.56 Å². The Labute approximate surface area is 103 Å². The van der Waals surface area contributed by atoms with Gasteiger partial charge in [-0.15, -0.1) is 0 Å². The minimum absolute atomic E-state index is 0.0707. The molecule has 94 valence electrons. The van der Waals surface area contributed by atoms with Gasteiger partial charge in [-0.1, -0.05) is 0 Å². The molecule has 0 aromatic heterocycles. The van der Waals surface area contributed by atoms with Gasteiger partial charge in [0.25, 0.3) is 5.69 Å². The van der Waals surface area contributed by atoms with Crippen molar-refractivity contribution in [2.45, 2.75) is 12.2 Å². The van der Waals surface area contributed by atoms with Crippen LogP contribution in [0.1, 0.15) is 11.7 Å². The number of thiol groups is 1. The third kappa shape index (κ3) is 3.09. The first kappa shape index (κ1) is 13.8. The van der Waals surface area contributed by atoms with Crippen LogP contribution in [0.5, 0.6) is 5.75 Å². The van der Waals surface area contributed by atoms with Crippen LogP contribution in [0.3, 0.4) is 0 Å². The largest absolute Gasteiger partial charge is 0.496 e. The highest BCUT2D eigenvalue weighted by molar-refractivity contribution is 7.80. The van der Waals surface area contributed by atoms with Gasteiger partial charge in [-0.05, 0) is 6.07 Å². The predicted octanol–water partition coefficient (Wildman–Crippen LogP) is 0.927. The molecule has 0 fully saturated rings. The lowest BCUT2D eigenvalue weighted by Gasteiger charge is -2.18. The lowest BCUT2D eigenvalue weighted by molar-refractivity contribution is -0.385. The number of methoxy groups -OCH3 is 1. The maximum atomic E-state index is 10.6. The SMILES string of the molecule is COc1cc([N+](=O)[O-])ccc1C(O)C(O)CS. The second-order valence-corrected chi connectivity index (χ2v) is 3.74. The van der Waals surface area contributed by atoms with Gasteiger partial charge in [0.15, 0.2) is 0 Å². The molecule has 2 atom stereocenters. The molecule has 2 N–H and O–H groups in total. The zero-order chi connectivity index (χ0) is 13.0. The van der Waals surface area contributed by atoms with Crippen LogP contribution < -0.4 is 4.74 Å². The molecule has 7 heteroatoms. The second kappa shape index (κ2) is 5.85. The molecule has 0 aliphatic rings. The van der Waals surface area contributed by atoms with Gasteiger partial charge in [-0.3, -0.25) is 10.1 Å². The zero-order valence-corrected chi connectivity index (χ0v) is 10.0. The summed E-state index contributed by atoms with van der Waals surface area (Å²) in [6.07, 6.45) is -2.25. The number of non-ortho nitro benzene ring substituents is 1. The second-order valence-electron chi connectivity index (χ2n) is 3.38. The van der Waals surface area contributed by atoms with Crippen molar-refractivity contribution < 1.29 is 19.9 Å². The van der Waals surface area contributed by atoms with Crippen LogP contribution in [0.15, 0.2) is 18.2 Å². The number of ether oxygens (including phenoxy) is 1. The Balaban J connectivity index is 3.12. The van der Waals surface area contributed by atoms with Gasteiger partial charge in [0.05, 0.1) is 24.2 Å². The first-order chi connectivity index (χ1) is 8.01. The third-order valence-electron chi connectivity index (χ3n) is 2.30. The molecule has 0 spiro atoms. The molecule has 0 saturated heterocycles. The number of benzene rings is 1. The van der Waals surface area contributed by atoms with Crippen LogP contribution in [0.2, 0.25) is 0 Å². The molecule has 2 unspecified atom stereocenters. The average Bonchev–Trinajstić information content (AvgIpc) is 2.35. The molecule has 1 aromatic carbocycles. The Kier molecular flexibility index (Phi) is 4.73. The van der Waals surface area contributed by atoms with Crippen LogP contribution >= 0.6 is 12.6 Å². The van der Waals surface area contributed by atoms with Gasteiger partial charge in [0, 0.05) is 17.4 Å². The van der Waals surface area contributed by atoms with E-state index in [0.717, 1.165) is 0 Å². The smallest absolute Gasteiger partial charge is 0.273 e. The van der Waals surface area contributed by atoms with E-state index in [-0.39, 0.29) is 17.2 Å². The first-order valence-electron chi connectivity index (χ1n) is 4.80. The fraction of sp³-hybridized carbons (Fsp3) is 0.400. The van der Waals surface area contributed by atoms with Crippen molar-refractivity contribution in [3.8, 4) is 5.75 Å². The van der Waals surface area contributed by atoms with E-state index in [4.69, 9.17) is 4.74 Å². The molecule has 1 rings (SSSR count). The maximum Gasteiger partial charge on any atom is 0.273 e. The van der Waals surface area contributed by atoms with Crippen molar-refractivity contribution in [2.75, 3.05) is 12.9 Å². The average molecular weight is 259 g/mol. The fourth-order valence-electron chi connectivity index (χ4n) is 1.36. The van der Waals surface area contributed by atoms with Gasteiger partial charge in [-0.25, -0.2) is 0 Å². The van der Waals surface area contributed by atoms with Crippen LogP contribution in [-0.4, -0.2) is 34.1 Å². The Bertz CT molecular complexity index is 412. The fourth-order valence-corrected chi connectivity index (χ4v) is 1.56. The van der Waals surface area contributed by atoms with Gasteiger partial charge in [0.1, 0.15) is 11.9 Å². The van der Waals surface area contributed by atoms with Crippen molar-refractivity contribution in [2.24, 2.45) is 0 Å². The molecule has 0 radical (unpaired) electrons. The topological polar surface area (TPSA) is 92.8 Å². The van der Waals surface area contributed by atoms with Crippen LogP contribution in [0.25, 0.3) is 0 Å². The van der Waals surface area contributed by atoms with Gasteiger partial charge in [-0.2, -0.15) is 12.6 Å². The van der Waals surface area contributed by atoms with E-state index in [1.54, 1.807) is 0 Å². The lowest BCUT2D eigenvalue weighted by atomic mass is 10.0. The van der Waals surface area contributed by atoms with Crippen molar-refractivity contribution >= 4 is 18.3 Å². The minimum atomic E-state index is -1.19. The summed E-state index contributed by atoms with van der Waals surface area (Å²) in [6.45, 7) is 0. The van der Waals surface area contributed by atoms with E-state index in [9.17, 15) is 20.3 Å². The van der Waals surface area contributed by atoms with Crippen LogP contribution in [0.4, 0.5) is 5.69 Å². The Morgan fingerprint density at radius 3 is 2.65 bits per heavy atom. The maximum absolute atomic E-state index is 10.6. The van der Waals surface area contributed by atoms with Crippen molar-refractivity contribution in [3.63, 3.8) is 0 Å². The monoisotopic (exact) mass is 259 g/mol. The Morgan fingerprint density at radius 1 is 1.53 bits per heavy atom. The summed E-state index contributed by atoms with van der Waals surface area (Å²) in [5.74, 6) is 0.230. The van der Waals surface area contributed by atoms with Gasteiger partial charge < -0.3 is 14.9 Å². The van der Waals surface area contributed by atoms with E-state index < -0.39 is 17.1 Å². The highest BCUT2D eigenvalue weighted by Gasteiger charge is 2.22. The Morgan fingerprint density at radius 2 is 2.18 bits per heavy atom. The summed E-state index contributed by atoms with van der Waals surface area (Å²) in [6, 6.07) is 3.80. The molecule has 0 amide bonds. The number of nitro groups is 1. The summed E-state index contributed by atoms with van der Waals surface area (Å²) in [7, 11) is 1.34. The minimum Gasteiger partial charge on any atom is -0.496 e. The van der Waals surface area contributed by atoms with E-state index in [1.165, 1.54) is 25.3 Å². The van der Waals surface area contributed by atoms with Crippen LogP contribution in [0, 0.1) is 10.1 Å². The Hall–Kier alpha value is -1.31. The standard InChI is InChI=1S/C10H13NO5S/c1-16-9-4-6(11(14)15)2-3-7(9)10(13)8(12)5-17/h2-4,8,10,12-13,17H,5H2,1H3. The molecule has 6 nitrogen and oxygen atoms in total. The summed E-state index contributed by atoms with van der Waals surface area (Å²) in [5.41, 5.74) is 0.151. The summed E-state index contributed by atoms with van der Waals surface area (Å²) in [4.78, 5) is 10.0. The third-order valence-corrected chi connectivity index (χ3v) is 2.67. The number of hydrogen-bond donors (Lipinski definition) is 3. The van der Waals surface area contributed by atoms with E-state index in [1.807, 2.05) is 0 Å². The molecule has 0 heterocycles. The summed E-state index contributed by atoms with van der Waals surface area (Å²) < 4.78 is 4.95. The number of hydrogen-bond acceptors (Lipinski definition) is 6. The number of aliphatic hydroxyl groups excluding tert-OH is 2. The molecule has 0 aliphatic carbocycles. The highest BCUT2D eigenvalue weighted by atomic mass is 32.1. The molecule has 0 bridgehead atoms.